The van der Waals surface area contributed by atoms with Gasteiger partial charge in [0, 0.05) is 0 Å². The Hall–Kier alpha value is -1.76. The Labute approximate surface area is 124 Å². The second kappa shape index (κ2) is 4.91. The summed E-state index contributed by atoms with van der Waals surface area (Å²) in [6.07, 6.45) is 3.95. The van der Waals surface area contributed by atoms with Crippen LogP contribution >= 0.6 is 0 Å². The number of aryl methyl sites for hydroxylation is 1. The van der Waals surface area contributed by atoms with Gasteiger partial charge in [-0.05, 0) is 48.4 Å². The third kappa shape index (κ3) is 2.46. The monoisotopic (exact) mass is 310 g/mol. The molecule has 1 heterocycles. The molecule has 1 atom stereocenters. The number of hydrogen-bond donors (Lipinski definition) is 2. The van der Waals surface area contributed by atoms with E-state index in [1.54, 1.807) is 12.1 Å². The summed E-state index contributed by atoms with van der Waals surface area (Å²) < 4.78 is 26.6. The highest BCUT2D eigenvalue weighted by molar-refractivity contribution is 7.92. The van der Waals surface area contributed by atoms with E-state index in [9.17, 15) is 18.3 Å². The van der Waals surface area contributed by atoms with Crippen molar-refractivity contribution in [2.45, 2.75) is 32.6 Å². The van der Waals surface area contributed by atoms with E-state index in [0.717, 1.165) is 41.1 Å². The van der Waals surface area contributed by atoms with Gasteiger partial charge in [0.1, 0.15) is 12.3 Å². The van der Waals surface area contributed by atoms with E-state index in [0.29, 0.717) is 5.92 Å². The topological polar surface area (TPSA) is 86.7 Å². The van der Waals surface area contributed by atoms with Crippen LogP contribution in [0.15, 0.2) is 12.1 Å². The third-order valence-corrected chi connectivity index (χ3v) is 5.69. The quantitative estimate of drug-likeness (QED) is 0.856. The molecule has 0 unspecified atom stereocenters. The number of phenols is 1. The highest BCUT2D eigenvalue weighted by atomic mass is 32.2. The molecule has 2 aliphatic rings. The zero-order chi connectivity index (χ0) is 15.2. The van der Waals surface area contributed by atoms with Crippen molar-refractivity contribution in [3.63, 3.8) is 0 Å². The average molecular weight is 310 g/mol. The number of benzene rings is 1. The summed E-state index contributed by atoms with van der Waals surface area (Å²) in [6, 6.07) is 3.35. The van der Waals surface area contributed by atoms with Crippen LogP contribution in [0.1, 0.15) is 30.9 Å². The van der Waals surface area contributed by atoms with Crippen LogP contribution in [-0.4, -0.2) is 26.0 Å². The summed E-state index contributed by atoms with van der Waals surface area (Å²) in [4.78, 5) is 11.3. The van der Waals surface area contributed by atoms with E-state index < -0.39 is 16.1 Å². The number of carbonyl (C=O) groups is 1. The maximum Gasteiger partial charge on any atom is 0.326 e. The Bertz CT molecular complexity index is 699. The van der Waals surface area contributed by atoms with E-state index >= 15 is 0 Å². The minimum atomic E-state index is -3.88. The van der Waals surface area contributed by atoms with Crippen molar-refractivity contribution in [3.05, 3.63) is 23.3 Å². The molecule has 0 bridgehead atoms. The van der Waals surface area contributed by atoms with E-state index in [1.807, 2.05) is 4.72 Å². The molecule has 1 aromatic rings. The number of amides is 1. The summed E-state index contributed by atoms with van der Waals surface area (Å²) in [5.74, 6) is -0.0906. The summed E-state index contributed by atoms with van der Waals surface area (Å²) >= 11 is 0. The van der Waals surface area contributed by atoms with E-state index in [4.69, 9.17) is 0 Å². The fourth-order valence-corrected chi connectivity index (χ4v) is 4.22. The molecule has 1 fully saturated rings. The number of hydrogen-bond acceptors (Lipinski definition) is 4. The van der Waals surface area contributed by atoms with E-state index in [1.165, 1.54) is 0 Å². The molecule has 3 rings (SSSR count). The van der Waals surface area contributed by atoms with Crippen LogP contribution in [0, 0.1) is 5.92 Å². The van der Waals surface area contributed by atoms with Crippen LogP contribution in [0.3, 0.4) is 0 Å². The molecule has 0 radical (unpaired) electrons. The smallest absolute Gasteiger partial charge is 0.326 e. The highest BCUT2D eigenvalue weighted by Crippen LogP contribution is 2.37. The van der Waals surface area contributed by atoms with Crippen molar-refractivity contribution in [3.8, 4) is 5.75 Å². The number of nitrogens with zero attached hydrogens (tertiary/aromatic N) is 1. The average Bonchev–Trinajstić information content (AvgIpc) is 2.70. The van der Waals surface area contributed by atoms with Gasteiger partial charge in [-0.1, -0.05) is 13.3 Å². The lowest BCUT2D eigenvalue weighted by Crippen LogP contribution is -2.29. The van der Waals surface area contributed by atoms with Gasteiger partial charge in [-0.15, -0.1) is 0 Å². The minimum Gasteiger partial charge on any atom is -0.506 e. The maximum absolute atomic E-state index is 11.9. The second-order valence-electron chi connectivity index (χ2n) is 5.66. The van der Waals surface area contributed by atoms with Crippen molar-refractivity contribution in [1.82, 2.24) is 4.72 Å². The number of carbonyl (C=O) groups excluding carboxylic acids is 1. The van der Waals surface area contributed by atoms with Gasteiger partial charge in [-0.2, -0.15) is 8.42 Å². The molecule has 1 aromatic carbocycles. The maximum atomic E-state index is 11.9. The van der Waals surface area contributed by atoms with Crippen molar-refractivity contribution < 1.29 is 18.3 Å². The van der Waals surface area contributed by atoms with Gasteiger partial charge in [-0.3, -0.25) is 4.79 Å². The first-order valence-corrected chi connectivity index (χ1v) is 8.52. The van der Waals surface area contributed by atoms with Crippen molar-refractivity contribution in [1.29, 1.82) is 0 Å². The molecule has 0 saturated carbocycles. The molecule has 1 aliphatic carbocycles. The lowest BCUT2D eigenvalue weighted by molar-refractivity contribution is -0.117. The van der Waals surface area contributed by atoms with Crippen LogP contribution in [0.2, 0.25) is 0 Å². The molecule has 21 heavy (non-hydrogen) atoms. The standard InChI is InChI=1S/C14H18N2O4S/c1-2-9-3-4-10-7-13(17)12(6-11(10)5-9)16-8-14(18)15-21(16,19)20/h6-7,9,17H,2-5,8H2,1H3,(H,15,18)/t9-/m0/s1. The fraction of sp³-hybridized carbons (Fsp3) is 0.500. The SMILES string of the molecule is CC[C@H]1CCc2cc(O)c(N3CC(=O)NS3(=O)=O)cc2C1. The minimum absolute atomic E-state index is 0.0937. The van der Waals surface area contributed by atoms with Gasteiger partial charge >= 0.3 is 10.2 Å². The summed E-state index contributed by atoms with van der Waals surface area (Å²) in [5, 5.41) is 10.1. The summed E-state index contributed by atoms with van der Waals surface area (Å²) in [5.41, 5.74) is 2.32. The van der Waals surface area contributed by atoms with Gasteiger partial charge in [0.2, 0.25) is 0 Å². The Kier molecular flexibility index (Phi) is 3.32. The first-order chi connectivity index (χ1) is 9.90. The zero-order valence-electron chi connectivity index (χ0n) is 11.8. The normalized spacial score (nSPS) is 23.8. The van der Waals surface area contributed by atoms with Gasteiger partial charge in [0.05, 0.1) is 5.69 Å². The molecule has 2 N–H and O–H groups in total. The van der Waals surface area contributed by atoms with Gasteiger partial charge in [0.25, 0.3) is 5.91 Å². The largest absolute Gasteiger partial charge is 0.506 e. The number of aromatic hydroxyl groups is 1. The predicted molar refractivity (Wildman–Crippen MR) is 78.3 cm³/mol. The highest BCUT2D eigenvalue weighted by Gasteiger charge is 2.36. The molecular weight excluding hydrogens is 292 g/mol. The number of fused-ring (bicyclic) bond motifs is 1. The lowest BCUT2D eigenvalue weighted by Gasteiger charge is -2.26. The Morgan fingerprint density at radius 1 is 1.38 bits per heavy atom. The molecule has 114 valence electrons. The van der Waals surface area contributed by atoms with Crippen LogP contribution in [0.4, 0.5) is 5.69 Å². The summed E-state index contributed by atoms with van der Waals surface area (Å²) in [6.45, 7) is 1.86. The summed E-state index contributed by atoms with van der Waals surface area (Å²) in [7, 11) is -3.88. The van der Waals surface area contributed by atoms with Crippen molar-refractivity contribution in [2.24, 2.45) is 5.92 Å². The first kappa shape index (κ1) is 14.2. The third-order valence-electron chi connectivity index (χ3n) is 4.29. The van der Waals surface area contributed by atoms with Gasteiger partial charge in [-0.25, -0.2) is 9.03 Å². The van der Waals surface area contributed by atoms with E-state index in [-0.39, 0.29) is 18.0 Å². The van der Waals surface area contributed by atoms with Crippen LogP contribution in [0.5, 0.6) is 5.75 Å². The molecule has 1 amide bonds. The van der Waals surface area contributed by atoms with Gasteiger partial charge < -0.3 is 5.11 Å². The Morgan fingerprint density at radius 2 is 2.14 bits per heavy atom. The van der Waals surface area contributed by atoms with E-state index in [2.05, 4.69) is 6.92 Å². The molecule has 1 aliphatic heterocycles. The number of rotatable bonds is 2. The zero-order valence-corrected chi connectivity index (χ0v) is 12.6. The van der Waals surface area contributed by atoms with Crippen molar-refractivity contribution >= 4 is 21.8 Å². The molecule has 0 aromatic heterocycles. The van der Waals surface area contributed by atoms with Crippen LogP contribution < -0.4 is 9.03 Å². The van der Waals surface area contributed by atoms with Crippen molar-refractivity contribution in [2.75, 3.05) is 10.8 Å². The lowest BCUT2D eigenvalue weighted by atomic mass is 9.82. The second-order valence-corrected chi connectivity index (χ2v) is 7.26. The molecule has 0 spiro atoms. The Balaban J connectivity index is 2.03. The number of phenolic OH excluding ortho intramolecular Hbond substituents is 1. The van der Waals surface area contributed by atoms with Crippen LogP contribution in [-0.2, 0) is 27.8 Å². The number of nitrogens with one attached hydrogen (secondary N) is 1. The fourth-order valence-electron chi connectivity index (χ4n) is 3.07. The van der Waals surface area contributed by atoms with Gasteiger partial charge in [0.15, 0.2) is 0 Å². The first-order valence-electron chi connectivity index (χ1n) is 7.08. The predicted octanol–water partition coefficient (Wildman–Crippen LogP) is 1.09. The molecule has 1 saturated heterocycles. The molecular formula is C14H18N2O4S. The van der Waals surface area contributed by atoms with Crippen LogP contribution in [0.25, 0.3) is 0 Å². The Morgan fingerprint density at radius 3 is 2.76 bits per heavy atom. The molecule has 6 nitrogen and oxygen atoms in total. The molecule has 7 heteroatoms. The number of anilines is 1.